The first-order valence-corrected chi connectivity index (χ1v) is 13.0. The number of rotatable bonds is 14. The summed E-state index contributed by atoms with van der Waals surface area (Å²) in [7, 11) is -5.96. The first kappa shape index (κ1) is 27.5. The number of ether oxygens (including phenoxy) is 2. The number of unbranched alkanes of at least 4 members (excludes halogenated alkanes) is 5. The van der Waals surface area contributed by atoms with Gasteiger partial charge in [0.1, 0.15) is 0 Å². The van der Waals surface area contributed by atoms with Gasteiger partial charge in [-0.25, -0.2) is 9.59 Å². The van der Waals surface area contributed by atoms with Gasteiger partial charge in [-0.1, -0.05) is 49.1 Å². The van der Waals surface area contributed by atoms with Crippen LogP contribution in [0, 0.1) is 0 Å². The van der Waals surface area contributed by atoms with Crippen molar-refractivity contribution in [2.24, 2.45) is 0 Å². The third-order valence-electron chi connectivity index (χ3n) is 6.06. The Hall–Kier alpha value is -3.09. The second-order valence-corrected chi connectivity index (χ2v) is 10.4. The van der Waals surface area contributed by atoms with Crippen LogP contribution >= 0.6 is 0 Å². The molecule has 3 rings (SSSR count). The zero-order valence-corrected chi connectivity index (χ0v) is 20.6. The molecular formula is C23H29F2NO9S. The topological polar surface area (TPSA) is 141 Å². The van der Waals surface area contributed by atoms with E-state index in [-0.39, 0.29) is 40.7 Å². The van der Waals surface area contributed by atoms with Crippen molar-refractivity contribution in [2.75, 3.05) is 13.2 Å². The molecule has 0 aromatic carbocycles. The van der Waals surface area contributed by atoms with Crippen LogP contribution in [0.3, 0.4) is 0 Å². The number of aromatic hydroxyl groups is 2. The molecule has 0 saturated heterocycles. The van der Waals surface area contributed by atoms with Gasteiger partial charge in [0.05, 0.1) is 13.2 Å². The van der Waals surface area contributed by atoms with E-state index in [1.54, 1.807) is 19.1 Å². The largest absolute Gasteiger partial charge is 0.492 e. The Balaban J connectivity index is 1.41. The highest BCUT2D eigenvalue weighted by atomic mass is 32.2. The number of alkyl halides is 2. The summed E-state index contributed by atoms with van der Waals surface area (Å²) in [4.78, 5) is 23.0. The van der Waals surface area contributed by atoms with E-state index in [0.717, 1.165) is 12.8 Å². The van der Waals surface area contributed by atoms with E-state index in [4.69, 9.17) is 4.74 Å². The first-order chi connectivity index (χ1) is 16.9. The average molecular weight is 534 g/mol. The highest BCUT2D eigenvalue weighted by Gasteiger charge is 2.58. The fourth-order valence-electron chi connectivity index (χ4n) is 4.18. The average Bonchev–Trinajstić information content (AvgIpc) is 3.49. The summed E-state index contributed by atoms with van der Waals surface area (Å²) in [6, 6.07) is 0. The lowest BCUT2D eigenvalue weighted by molar-refractivity contribution is -0.161. The van der Waals surface area contributed by atoms with Gasteiger partial charge < -0.3 is 19.7 Å². The van der Waals surface area contributed by atoms with Gasteiger partial charge in [0.15, 0.2) is 0 Å². The van der Waals surface area contributed by atoms with Gasteiger partial charge in [0.25, 0.3) is 0 Å². The number of hydrogen-bond acceptors (Lipinski definition) is 9. The molecule has 1 aromatic rings. The van der Waals surface area contributed by atoms with Crippen LogP contribution in [0.4, 0.5) is 8.78 Å². The Labute approximate surface area is 207 Å². The summed E-state index contributed by atoms with van der Waals surface area (Å²) in [6.45, 7) is 4.87. The van der Waals surface area contributed by atoms with E-state index >= 15 is 0 Å². The normalized spacial score (nSPS) is 18.2. The minimum absolute atomic E-state index is 0.00709. The smallest absolute Gasteiger partial charge is 0.478 e. The maximum atomic E-state index is 14.4. The van der Waals surface area contributed by atoms with Gasteiger partial charge in [-0.15, -0.1) is 0 Å². The summed E-state index contributed by atoms with van der Waals surface area (Å²) in [5, 5.41) is 15.4. The Kier molecular flexibility index (Phi) is 8.32. The molecule has 2 unspecified atom stereocenters. The Morgan fingerprint density at radius 3 is 1.97 bits per heavy atom. The number of fused-ring (bicyclic) bond motifs is 5. The van der Waals surface area contributed by atoms with Crippen LogP contribution in [0.15, 0.2) is 24.3 Å². The molecule has 1 aromatic heterocycles. The van der Waals surface area contributed by atoms with Crippen LogP contribution < -0.4 is 4.28 Å². The van der Waals surface area contributed by atoms with Gasteiger partial charge >= 0.3 is 27.3 Å². The molecule has 0 amide bonds. The highest BCUT2D eigenvalue weighted by molar-refractivity contribution is 7.88. The number of halogens is 2. The molecule has 2 N–H and O–H groups in total. The second-order valence-electron chi connectivity index (χ2n) is 8.82. The Morgan fingerprint density at radius 1 is 1.00 bits per heavy atom. The lowest BCUT2D eigenvalue weighted by Crippen LogP contribution is -2.44. The molecule has 0 aliphatic heterocycles. The molecule has 2 bridgehead atoms. The van der Waals surface area contributed by atoms with Crippen molar-refractivity contribution >= 4 is 22.1 Å². The second kappa shape index (κ2) is 10.9. The number of esters is 2. The zero-order valence-electron chi connectivity index (χ0n) is 19.7. The van der Waals surface area contributed by atoms with Crippen molar-refractivity contribution in [3.05, 3.63) is 35.4 Å². The van der Waals surface area contributed by atoms with E-state index < -0.39 is 45.7 Å². The molecule has 0 fully saturated rings. The number of hydrogen-bond donors (Lipinski definition) is 2. The summed E-state index contributed by atoms with van der Waals surface area (Å²) in [5.41, 5.74) is 0.728. The van der Waals surface area contributed by atoms with E-state index in [1.807, 2.05) is 0 Å². The van der Waals surface area contributed by atoms with Crippen LogP contribution in [0.5, 0.6) is 11.8 Å². The van der Waals surface area contributed by atoms with Gasteiger partial charge in [-0.3, -0.25) is 4.28 Å². The summed E-state index contributed by atoms with van der Waals surface area (Å²) in [6.07, 6.45) is 7.75. The molecule has 36 heavy (non-hydrogen) atoms. The molecule has 0 radical (unpaired) electrons. The van der Waals surface area contributed by atoms with Gasteiger partial charge in [-0.05, 0) is 26.2 Å². The molecule has 2 aliphatic carbocycles. The minimum atomic E-state index is -5.96. The Bertz CT molecular complexity index is 1120. The van der Waals surface area contributed by atoms with E-state index in [9.17, 15) is 37.0 Å². The molecule has 0 spiro atoms. The molecule has 200 valence electrons. The molecule has 13 heteroatoms. The fourth-order valence-corrected chi connectivity index (χ4v) is 4.88. The number of aromatic nitrogens is 1. The molecule has 0 saturated carbocycles. The van der Waals surface area contributed by atoms with Crippen molar-refractivity contribution < 1.29 is 50.8 Å². The van der Waals surface area contributed by atoms with Gasteiger partial charge in [0, 0.05) is 28.5 Å². The molecule has 10 nitrogen and oxygen atoms in total. The monoisotopic (exact) mass is 533 g/mol. The lowest BCUT2D eigenvalue weighted by atomic mass is 10.0. The number of carbonyl (C=O) groups excluding carboxylic acids is 2. The molecule has 1 heterocycles. The number of nitrogens with zero attached hydrogens (tertiary/aromatic N) is 1. The van der Waals surface area contributed by atoms with Crippen LogP contribution in [-0.4, -0.2) is 53.8 Å². The lowest BCUT2D eigenvalue weighted by Gasteiger charge is -2.17. The Morgan fingerprint density at radius 2 is 1.47 bits per heavy atom. The molecular weight excluding hydrogens is 504 g/mol. The van der Waals surface area contributed by atoms with Crippen LogP contribution in [0.1, 0.15) is 74.8 Å². The summed E-state index contributed by atoms with van der Waals surface area (Å²) >= 11 is 0. The highest BCUT2D eigenvalue weighted by Crippen LogP contribution is 2.56. The third kappa shape index (κ3) is 5.50. The van der Waals surface area contributed by atoms with Crippen molar-refractivity contribution in [3.63, 3.8) is 0 Å². The summed E-state index contributed by atoms with van der Waals surface area (Å²) < 4.78 is 66.6. The standard InChI is InChI=1S/C23H29F2NO9S/c1-14(2)21(29)33-11-7-5-3-4-6-8-12-34-22(30)23(24,25)36(31,32)35-26-19(27)17-15-9-10-16(13-15)18(17)20(26)28/h9-10,15-16,27-28H,1,3-8,11-13H2,2H3. The SMILES string of the molecule is C=C(C)C(=O)OCCCCCCCCOC(=O)C(F)(F)S(=O)(=O)On1c(O)c2c(c1O)C1C=CC2C1. The van der Waals surface area contributed by atoms with Gasteiger partial charge in [0.2, 0.25) is 11.8 Å². The van der Waals surface area contributed by atoms with Crippen LogP contribution in [0.25, 0.3) is 0 Å². The van der Waals surface area contributed by atoms with Crippen molar-refractivity contribution in [2.45, 2.75) is 69.0 Å². The predicted molar refractivity (Wildman–Crippen MR) is 122 cm³/mol. The van der Waals surface area contributed by atoms with E-state index in [2.05, 4.69) is 15.6 Å². The third-order valence-corrected chi connectivity index (χ3v) is 7.20. The maximum Gasteiger partial charge on any atom is 0.478 e. The quantitative estimate of drug-likeness (QED) is 0.159. The molecule has 2 atom stereocenters. The number of carbonyl (C=O) groups is 2. The van der Waals surface area contributed by atoms with Crippen LogP contribution in [0.2, 0.25) is 0 Å². The van der Waals surface area contributed by atoms with E-state index in [1.165, 1.54) is 0 Å². The van der Waals surface area contributed by atoms with Crippen LogP contribution in [-0.2, 0) is 29.2 Å². The molecule has 2 aliphatic rings. The van der Waals surface area contributed by atoms with E-state index in [0.29, 0.717) is 31.3 Å². The first-order valence-electron chi connectivity index (χ1n) is 11.6. The minimum Gasteiger partial charge on any atom is -0.492 e. The zero-order chi connectivity index (χ0) is 26.7. The van der Waals surface area contributed by atoms with Crippen molar-refractivity contribution in [1.29, 1.82) is 0 Å². The maximum absolute atomic E-state index is 14.4. The fraction of sp³-hybridized carbons (Fsp3) is 0.565. The number of allylic oxidation sites excluding steroid dienone is 2. The van der Waals surface area contributed by atoms with Crippen molar-refractivity contribution in [3.8, 4) is 11.8 Å². The van der Waals surface area contributed by atoms with Crippen molar-refractivity contribution in [1.82, 2.24) is 4.73 Å². The van der Waals surface area contributed by atoms with Gasteiger partial charge in [-0.2, -0.15) is 17.2 Å². The summed E-state index contributed by atoms with van der Waals surface area (Å²) in [5.74, 6) is -5.00. The predicted octanol–water partition coefficient (Wildman–Crippen LogP) is 3.39.